The summed E-state index contributed by atoms with van der Waals surface area (Å²) in [4.78, 5) is 10.3. The molecule has 60 valence electrons. The van der Waals surface area contributed by atoms with E-state index in [1.807, 2.05) is 0 Å². The number of hydrogen-bond donors (Lipinski definition) is 3. The Morgan fingerprint density at radius 2 is 2.20 bits per heavy atom. The minimum Gasteiger partial charge on any atom is -0.480 e. The molecular formula is C6H13NO3. The Bertz CT molecular complexity index is 122. The molecule has 0 aromatic heterocycles. The lowest BCUT2D eigenvalue weighted by molar-refractivity contribution is -0.143. The minimum absolute atomic E-state index is 0.0138. The third kappa shape index (κ3) is 2.80. The number of aliphatic carboxylic acids is 1. The smallest absolute Gasteiger partial charge is 0.323 e. The van der Waals surface area contributed by atoms with Gasteiger partial charge in [-0.15, -0.1) is 0 Å². The van der Waals surface area contributed by atoms with Gasteiger partial charge < -0.3 is 15.9 Å². The molecule has 0 aromatic rings. The van der Waals surface area contributed by atoms with E-state index >= 15 is 0 Å². The van der Waals surface area contributed by atoms with Crippen molar-refractivity contribution in [2.75, 3.05) is 6.61 Å². The lowest BCUT2D eigenvalue weighted by Crippen LogP contribution is -2.44. The second-order valence-corrected chi connectivity index (χ2v) is 2.55. The molecule has 0 rings (SSSR count). The summed E-state index contributed by atoms with van der Waals surface area (Å²) in [7, 11) is 0. The Morgan fingerprint density at radius 3 is 2.50 bits per heavy atom. The molecule has 0 amide bonds. The van der Waals surface area contributed by atoms with E-state index in [0.717, 1.165) is 0 Å². The maximum absolute atomic E-state index is 10.3. The number of aliphatic hydroxyl groups is 1. The molecule has 0 radical (unpaired) electrons. The Balaban J connectivity index is 3.75. The number of carboxylic acid groups (broad SMARTS) is 1. The summed E-state index contributed by atoms with van der Waals surface area (Å²) in [5.41, 5.74) is 4.14. The van der Waals surface area contributed by atoms with Gasteiger partial charge in [-0.3, -0.25) is 4.79 Å². The zero-order valence-electron chi connectivity index (χ0n) is 6.00. The van der Waals surface area contributed by atoms with Gasteiger partial charge in [0.2, 0.25) is 0 Å². The molecular weight excluding hydrogens is 134 g/mol. The van der Waals surface area contributed by atoms with Crippen molar-refractivity contribution in [2.24, 2.45) is 5.73 Å². The first-order chi connectivity index (χ1) is 4.50. The van der Waals surface area contributed by atoms with E-state index in [9.17, 15) is 4.79 Å². The predicted octanol–water partition coefficient (Wildman–Crippen LogP) is -0.439. The molecule has 4 nitrogen and oxygen atoms in total. The van der Waals surface area contributed by atoms with Gasteiger partial charge >= 0.3 is 5.97 Å². The summed E-state index contributed by atoms with van der Waals surface area (Å²) in [6, 6.07) is 0. The second-order valence-electron chi connectivity index (χ2n) is 2.55. The van der Waals surface area contributed by atoms with Gasteiger partial charge in [0, 0.05) is 6.61 Å². The minimum atomic E-state index is -1.19. The molecule has 0 unspecified atom stereocenters. The molecule has 0 aromatic carbocycles. The Kier molecular flexibility index (Phi) is 3.32. The van der Waals surface area contributed by atoms with Gasteiger partial charge in [0.05, 0.1) is 0 Å². The van der Waals surface area contributed by atoms with Crippen molar-refractivity contribution in [3.05, 3.63) is 0 Å². The van der Waals surface area contributed by atoms with Gasteiger partial charge in [0.25, 0.3) is 0 Å². The van der Waals surface area contributed by atoms with Gasteiger partial charge in [-0.2, -0.15) is 0 Å². The van der Waals surface area contributed by atoms with E-state index in [0.29, 0.717) is 12.8 Å². The fourth-order valence-electron chi connectivity index (χ4n) is 0.553. The van der Waals surface area contributed by atoms with E-state index in [-0.39, 0.29) is 6.61 Å². The molecule has 10 heavy (non-hydrogen) atoms. The first-order valence-electron chi connectivity index (χ1n) is 3.14. The van der Waals surface area contributed by atoms with Crippen molar-refractivity contribution in [1.82, 2.24) is 0 Å². The van der Waals surface area contributed by atoms with E-state index in [4.69, 9.17) is 15.9 Å². The van der Waals surface area contributed by atoms with Gasteiger partial charge in [0.1, 0.15) is 5.54 Å². The number of carbonyl (C=O) groups is 1. The van der Waals surface area contributed by atoms with E-state index in [1.54, 1.807) is 0 Å². The van der Waals surface area contributed by atoms with E-state index in [1.165, 1.54) is 6.92 Å². The van der Waals surface area contributed by atoms with Crippen LogP contribution < -0.4 is 5.73 Å². The third-order valence-corrected chi connectivity index (χ3v) is 1.34. The number of rotatable bonds is 4. The quantitative estimate of drug-likeness (QED) is 0.503. The molecule has 0 saturated carbocycles. The van der Waals surface area contributed by atoms with Crippen LogP contribution in [-0.2, 0) is 4.79 Å². The van der Waals surface area contributed by atoms with Crippen LogP contribution in [0.3, 0.4) is 0 Å². The predicted molar refractivity (Wildman–Crippen MR) is 36.5 cm³/mol. The highest BCUT2D eigenvalue weighted by atomic mass is 16.4. The van der Waals surface area contributed by atoms with Gasteiger partial charge in [-0.25, -0.2) is 0 Å². The Hall–Kier alpha value is -0.610. The van der Waals surface area contributed by atoms with Crippen molar-refractivity contribution >= 4 is 5.97 Å². The van der Waals surface area contributed by atoms with Gasteiger partial charge in [0.15, 0.2) is 0 Å². The monoisotopic (exact) mass is 147 g/mol. The van der Waals surface area contributed by atoms with E-state index < -0.39 is 11.5 Å². The lowest BCUT2D eigenvalue weighted by atomic mass is 9.98. The highest BCUT2D eigenvalue weighted by Crippen LogP contribution is 2.07. The van der Waals surface area contributed by atoms with Crippen molar-refractivity contribution in [2.45, 2.75) is 25.3 Å². The van der Waals surface area contributed by atoms with Gasteiger partial charge in [-0.05, 0) is 19.8 Å². The third-order valence-electron chi connectivity index (χ3n) is 1.34. The highest BCUT2D eigenvalue weighted by Gasteiger charge is 2.26. The summed E-state index contributed by atoms with van der Waals surface area (Å²) < 4.78 is 0. The molecule has 1 atom stereocenters. The zero-order valence-corrected chi connectivity index (χ0v) is 6.00. The molecule has 4 heteroatoms. The zero-order chi connectivity index (χ0) is 8.20. The number of nitrogens with two attached hydrogens (primary N) is 1. The summed E-state index contributed by atoms with van der Waals surface area (Å²) >= 11 is 0. The average molecular weight is 147 g/mol. The van der Waals surface area contributed by atoms with E-state index in [2.05, 4.69) is 0 Å². The molecule has 0 heterocycles. The fraction of sp³-hybridized carbons (Fsp3) is 0.833. The molecule has 4 N–H and O–H groups in total. The molecule has 0 aliphatic heterocycles. The SMILES string of the molecule is C[C@@](N)(CCCO)C(=O)O. The number of hydrogen-bond acceptors (Lipinski definition) is 3. The lowest BCUT2D eigenvalue weighted by Gasteiger charge is -2.17. The van der Waals surface area contributed by atoms with Crippen molar-refractivity contribution in [3.63, 3.8) is 0 Å². The molecule has 0 spiro atoms. The van der Waals surface area contributed by atoms with Crippen LogP contribution in [0.4, 0.5) is 0 Å². The largest absolute Gasteiger partial charge is 0.480 e. The maximum atomic E-state index is 10.3. The topological polar surface area (TPSA) is 83.5 Å². The molecule has 0 fully saturated rings. The number of aliphatic hydroxyl groups excluding tert-OH is 1. The van der Waals surface area contributed by atoms with Crippen molar-refractivity contribution in [3.8, 4) is 0 Å². The first-order valence-corrected chi connectivity index (χ1v) is 3.14. The van der Waals surface area contributed by atoms with Crippen LogP contribution in [0.15, 0.2) is 0 Å². The molecule has 0 saturated heterocycles. The van der Waals surface area contributed by atoms with Crippen LogP contribution in [0.2, 0.25) is 0 Å². The molecule has 0 bridgehead atoms. The standard InChI is InChI=1S/C6H13NO3/c1-6(7,5(9)10)3-2-4-8/h8H,2-4,7H2,1H3,(H,9,10)/t6-/m1/s1. The second kappa shape index (κ2) is 3.53. The normalized spacial score (nSPS) is 16.3. The number of carboxylic acids is 1. The van der Waals surface area contributed by atoms with Crippen LogP contribution in [0.5, 0.6) is 0 Å². The summed E-state index contributed by atoms with van der Waals surface area (Å²) in [5, 5.41) is 16.8. The van der Waals surface area contributed by atoms with Crippen LogP contribution in [0.1, 0.15) is 19.8 Å². The summed E-state index contributed by atoms with van der Waals surface area (Å²) in [5.74, 6) is -1.03. The Morgan fingerprint density at radius 1 is 1.70 bits per heavy atom. The molecule has 0 aliphatic rings. The molecule has 0 aliphatic carbocycles. The van der Waals surface area contributed by atoms with Crippen LogP contribution in [0, 0.1) is 0 Å². The van der Waals surface area contributed by atoms with Crippen molar-refractivity contribution < 1.29 is 15.0 Å². The van der Waals surface area contributed by atoms with Crippen LogP contribution in [0.25, 0.3) is 0 Å². The average Bonchev–Trinajstić information content (AvgIpc) is 1.84. The maximum Gasteiger partial charge on any atom is 0.323 e. The van der Waals surface area contributed by atoms with Gasteiger partial charge in [-0.1, -0.05) is 0 Å². The first kappa shape index (κ1) is 9.39. The Labute approximate surface area is 59.7 Å². The van der Waals surface area contributed by atoms with Crippen LogP contribution >= 0.6 is 0 Å². The van der Waals surface area contributed by atoms with Crippen molar-refractivity contribution in [1.29, 1.82) is 0 Å². The highest BCUT2D eigenvalue weighted by molar-refractivity contribution is 5.77. The summed E-state index contributed by atoms with van der Waals surface area (Å²) in [6.45, 7) is 1.42. The fourth-order valence-corrected chi connectivity index (χ4v) is 0.553. The van der Waals surface area contributed by atoms with Crippen LogP contribution in [-0.4, -0.2) is 28.3 Å². The summed E-state index contributed by atoms with van der Waals surface area (Å²) in [6.07, 6.45) is 0.734.